The molecule has 5 amide bonds. The molecule has 0 saturated carbocycles. The lowest BCUT2D eigenvalue weighted by Gasteiger charge is -2.44. The number of non-ortho nitro benzene ring substituents is 1. The first-order chi connectivity index (χ1) is 30.7. The Kier molecular flexibility index (Phi) is 17.6. The molecule has 1 aromatic heterocycles. The first-order valence-electron chi connectivity index (χ1n) is 20.8. The molecule has 1 aliphatic rings. The largest absolute Gasteiger partial charge is 0.394 e. The first-order valence-corrected chi connectivity index (χ1v) is 20.8. The number of nitrogens with two attached hydrogens (primary N) is 1. The van der Waals surface area contributed by atoms with Gasteiger partial charge in [0.15, 0.2) is 11.7 Å². The number of primary amides is 1. The van der Waals surface area contributed by atoms with Gasteiger partial charge in [-0.15, -0.1) is 0 Å². The number of nitrogens with one attached hydrogen (secondary N) is 6. The summed E-state index contributed by atoms with van der Waals surface area (Å²) < 4.78 is 17.4. The second kappa shape index (κ2) is 23.2. The summed E-state index contributed by atoms with van der Waals surface area (Å²) in [6.07, 6.45) is -3.46. The number of aliphatic hydroxyl groups excluding tert-OH is 2. The number of fused-ring (bicyclic) bond motifs is 2. The molecule has 1 fully saturated rings. The fraction of sp³-hybridized carbons (Fsp3) is 0.442. The van der Waals surface area contributed by atoms with Crippen molar-refractivity contribution in [3.8, 4) is 0 Å². The third-order valence-electron chi connectivity index (χ3n) is 10.5. The third-order valence-corrected chi connectivity index (χ3v) is 10.5. The maximum atomic E-state index is 13.3. The molecule has 64 heavy (non-hydrogen) atoms. The molecule has 2 heterocycles. The predicted octanol–water partition coefficient (Wildman–Crippen LogP) is 0.728. The van der Waals surface area contributed by atoms with Crippen LogP contribution >= 0.6 is 0 Å². The van der Waals surface area contributed by atoms with Gasteiger partial charge in [-0.05, 0) is 56.4 Å². The summed E-state index contributed by atoms with van der Waals surface area (Å²) in [7, 11) is 0. The summed E-state index contributed by atoms with van der Waals surface area (Å²) in [4.78, 5) is 90.3. The molecule has 1 aliphatic heterocycles. The molecule has 0 unspecified atom stereocenters. The van der Waals surface area contributed by atoms with Crippen molar-refractivity contribution in [2.24, 2.45) is 5.73 Å². The standard InChI is InChI=1S/C43H54N8O13/c1-24(47-34(55)23-62-40-37(48-25(2)53)43(64-32(21-52)39(40)57)63-22-26-11-5-3-6-12-26)42(59)50-30(41(44)58)16-18-33(54)46-20-10-4-9-19-45-29-15-17-31(51(60)61)36-35(29)38(56)27-13-7-8-14-28(27)49-36/h3,5-8,11-15,17,24,30,32,37,39-40,43,45,52,57H,4,9-10,16,18-23H2,1-2H3,(H2,44,58)(H,46,54)(H,47,55)(H,48,53)(H,49,56)(H,50,59)/t24-,30+,32+,37+,39+,40+,43-/m0/s1. The van der Waals surface area contributed by atoms with E-state index >= 15 is 0 Å². The Balaban J connectivity index is 1.03. The number of aromatic amines is 1. The molecular weight excluding hydrogens is 837 g/mol. The van der Waals surface area contributed by atoms with Crippen LogP contribution in [0.25, 0.3) is 21.8 Å². The third kappa shape index (κ3) is 13.0. The Hall–Kier alpha value is -6.52. The molecule has 0 bridgehead atoms. The van der Waals surface area contributed by atoms with Gasteiger partial charge in [0.25, 0.3) is 5.69 Å². The average molecular weight is 891 g/mol. The van der Waals surface area contributed by atoms with E-state index in [1.54, 1.807) is 24.3 Å². The topological polar surface area (TPSA) is 316 Å². The number of aliphatic hydroxyl groups is 2. The molecule has 5 rings (SSSR count). The number of hydrogen-bond donors (Lipinski definition) is 9. The number of unbranched alkanes of at least 4 members (excludes halogenated alkanes) is 2. The van der Waals surface area contributed by atoms with Crippen molar-refractivity contribution in [2.75, 3.05) is 31.6 Å². The van der Waals surface area contributed by atoms with E-state index in [1.807, 2.05) is 30.3 Å². The lowest BCUT2D eigenvalue weighted by atomic mass is 9.96. The summed E-state index contributed by atoms with van der Waals surface area (Å²) in [5.74, 6) is -3.35. The summed E-state index contributed by atoms with van der Waals surface area (Å²) in [6, 6.07) is 15.2. The minimum absolute atomic E-state index is 0.0598. The van der Waals surface area contributed by atoms with Crippen molar-refractivity contribution in [2.45, 2.75) is 95.3 Å². The van der Waals surface area contributed by atoms with E-state index in [1.165, 1.54) is 26.0 Å². The molecule has 0 aliphatic carbocycles. The van der Waals surface area contributed by atoms with Gasteiger partial charge in [-0.3, -0.25) is 38.9 Å². The van der Waals surface area contributed by atoms with Gasteiger partial charge in [0.05, 0.1) is 23.5 Å². The van der Waals surface area contributed by atoms with E-state index in [9.17, 15) is 49.1 Å². The van der Waals surface area contributed by atoms with Crippen LogP contribution in [-0.4, -0.2) is 119 Å². The minimum atomic E-state index is -1.49. The Morgan fingerprint density at radius 3 is 2.38 bits per heavy atom. The van der Waals surface area contributed by atoms with Crippen molar-refractivity contribution >= 4 is 62.7 Å². The number of carbonyl (C=O) groups is 5. The lowest BCUT2D eigenvalue weighted by Crippen LogP contribution is -2.65. The van der Waals surface area contributed by atoms with E-state index in [4.69, 9.17) is 19.9 Å². The zero-order valence-electron chi connectivity index (χ0n) is 35.4. The Morgan fingerprint density at radius 1 is 0.953 bits per heavy atom. The van der Waals surface area contributed by atoms with Gasteiger partial charge < -0.3 is 61.7 Å². The normalized spacial score (nSPS) is 19.3. The summed E-state index contributed by atoms with van der Waals surface area (Å²) >= 11 is 0. The Morgan fingerprint density at radius 2 is 1.67 bits per heavy atom. The zero-order chi connectivity index (χ0) is 46.3. The molecule has 7 atom stereocenters. The van der Waals surface area contributed by atoms with Crippen LogP contribution in [0.1, 0.15) is 51.5 Å². The van der Waals surface area contributed by atoms with Crippen LogP contribution in [0.2, 0.25) is 0 Å². The number of carbonyl (C=O) groups excluding carboxylic acids is 5. The number of amides is 5. The number of nitro benzene ring substituents is 1. The monoisotopic (exact) mass is 890 g/mol. The highest BCUT2D eigenvalue weighted by Crippen LogP contribution is 2.30. The molecule has 344 valence electrons. The summed E-state index contributed by atoms with van der Waals surface area (Å²) in [5, 5.41) is 46.5. The number of nitro groups is 1. The van der Waals surface area contributed by atoms with E-state index in [0.29, 0.717) is 48.9 Å². The Bertz CT molecular complexity index is 2350. The summed E-state index contributed by atoms with van der Waals surface area (Å²) in [6.45, 7) is 2.10. The van der Waals surface area contributed by atoms with Gasteiger partial charge in [-0.25, -0.2) is 0 Å². The molecular formula is C43H54N8O13. The van der Waals surface area contributed by atoms with Crippen LogP contribution in [0.3, 0.4) is 0 Å². The molecule has 10 N–H and O–H groups in total. The maximum absolute atomic E-state index is 13.3. The molecule has 21 heteroatoms. The van der Waals surface area contributed by atoms with Crippen LogP contribution in [0, 0.1) is 10.1 Å². The highest BCUT2D eigenvalue weighted by molar-refractivity contribution is 6.03. The SMILES string of the molecule is CC(=O)N[C@H]1[C@@H](OCc2ccccc2)O[C@H](CO)[C@@H](O)[C@@H]1OCC(=O)N[C@@H](C)C(=O)N[C@H](CCC(=O)NCCCCCNc1ccc([N+](=O)[O-])c2[nH]c3ccccc3c(=O)c12)C(N)=O. The maximum Gasteiger partial charge on any atom is 0.293 e. The second-order valence-electron chi connectivity index (χ2n) is 15.3. The van der Waals surface area contributed by atoms with Crippen molar-refractivity contribution < 1.29 is 53.3 Å². The second-order valence-corrected chi connectivity index (χ2v) is 15.3. The average Bonchev–Trinajstić information content (AvgIpc) is 3.26. The number of aromatic nitrogens is 1. The number of para-hydroxylation sites is 1. The van der Waals surface area contributed by atoms with E-state index < -0.39 is 84.5 Å². The van der Waals surface area contributed by atoms with Crippen LogP contribution < -0.4 is 37.7 Å². The van der Waals surface area contributed by atoms with Gasteiger partial charge in [-0.1, -0.05) is 42.5 Å². The minimum Gasteiger partial charge on any atom is -0.394 e. The van der Waals surface area contributed by atoms with Gasteiger partial charge in [0.1, 0.15) is 48.6 Å². The van der Waals surface area contributed by atoms with Gasteiger partial charge >= 0.3 is 0 Å². The van der Waals surface area contributed by atoms with Crippen molar-refractivity contribution in [1.29, 1.82) is 0 Å². The number of nitrogens with zero attached hydrogens (tertiary/aromatic N) is 1. The smallest absolute Gasteiger partial charge is 0.293 e. The van der Waals surface area contributed by atoms with E-state index in [-0.39, 0.29) is 47.4 Å². The van der Waals surface area contributed by atoms with Crippen LogP contribution in [0.5, 0.6) is 0 Å². The number of H-pyrrole nitrogens is 1. The number of pyridine rings is 1. The fourth-order valence-electron chi connectivity index (χ4n) is 7.21. The van der Waals surface area contributed by atoms with E-state index in [2.05, 4.69) is 31.6 Å². The first kappa shape index (κ1) is 48.5. The van der Waals surface area contributed by atoms with Crippen LogP contribution in [0.4, 0.5) is 11.4 Å². The summed E-state index contributed by atoms with van der Waals surface area (Å²) in [5.41, 5.74) is 6.84. The van der Waals surface area contributed by atoms with Gasteiger partial charge in [-0.2, -0.15) is 0 Å². The van der Waals surface area contributed by atoms with Crippen LogP contribution in [0.15, 0.2) is 71.5 Å². The Labute approximate surface area is 366 Å². The molecule has 4 aromatic rings. The zero-order valence-corrected chi connectivity index (χ0v) is 35.4. The fourth-order valence-corrected chi connectivity index (χ4v) is 7.21. The van der Waals surface area contributed by atoms with Crippen molar-refractivity contribution in [1.82, 2.24) is 26.3 Å². The highest BCUT2D eigenvalue weighted by Gasteiger charge is 2.47. The molecule has 0 spiro atoms. The van der Waals surface area contributed by atoms with Crippen molar-refractivity contribution in [3.63, 3.8) is 0 Å². The number of anilines is 1. The quantitative estimate of drug-likeness (QED) is 0.0215. The van der Waals surface area contributed by atoms with E-state index in [0.717, 1.165) is 5.56 Å². The number of hydrogen-bond acceptors (Lipinski definition) is 14. The van der Waals surface area contributed by atoms with Gasteiger partial charge in [0, 0.05) is 49.1 Å². The molecule has 3 aromatic carbocycles. The molecule has 0 radical (unpaired) electrons. The highest BCUT2D eigenvalue weighted by atomic mass is 16.7. The predicted molar refractivity (Wildman–Crippen MR) is 232 cm³/mol. The number of benzene rings is 3. The molecule has 1 saturated heterocycles. The lowest BCUT2D eigenvalue weighted by molar-refractivity contribution is -0.383. The van der Waals surface area contributed by atoms with Gasteiger partial charge in [0.2, 0.25) is 29.5 Å². The van der Waals surface area contributed by atoms with Crippen LogP contribution in [-0.2, 0) is 44.8 Å². The molecule has 21 nitrogen and oxygen atoms in total. The number of rotatable bonds is 23. The van der Waals surface area contributed by atoms with Crippen molar-refractivity contribution in [3.05, 3.63) is 92.6 Å². The number of ether oxygens (including phenoxy) is 3.